The molecule has 4 heteroatoms. The summed E-state index contributed by atoms with van der Waals surface area (Å²) in [5, 5.41) is 2.87. The van der Waals surface area contributed by atoms with E-state index in [0.717, 1.165) is 19.5 Å². The van der Waals surface area contributed by atoms with Crippen molar-refractivity contribution in [2.75, 3.05) is 19.6 Å². The number of carbonyl (C=O) groups is 2. The van der Waals surface area contributed by atoms with Gasteiger partial charge >= 0.3 is 0 Å². The van der Waals surface area contributed by atoms with Gasteiger partial charge < -0.3 is 5.32 Å². The molecule has 1 amide bonds. The van der Waals surface area contributed by atoms with Crippen LogP contribution < -0.4 is 5.32 Å². The highest BCUT2D eigenvalue weighted by atomic mass is 16.1. The average Bonchev–Trinajstić information content (AvgIpc) is 2.51. The number of ketones is 1. The van der Waals surface area contributed by atoms with Gasteiger partial charge in [-0.25, -0.2) is 0 Å². The molecule has 1 aliphatic rings. The Bertz CT molecular complexity index is 228. The predicted octanol–water partition coefficient (Wildman–Crippen LogP) is 0.176. The molecule has 4 nitrogen and oxygen atoms in total. The van der Waals surface area contributed by atoms with E-state index < -0.39 is 0 Å². The van der Waals surface area contributed by atoms with E-state index in [1.165, 1.54) is 6.92 Å². The fourth-order valence-corrected chi connectivity index (χ4v) is 1.74. The number of hydrogen-bond donors (Lipinski definition) is 1. The molecule has 1 unspecified atom stereocenters. The van der Waals surface area contributed by atoms with Crippen LogP contribution in [0.4, 0.5) is 0 Å². The monoisotopic (exact) mass is 198 g/mol. The van der Waals surface area contributed by atoms with Crippen molar-refractivity contribution in [3.8, 4) is 0 Å². The number of rotatable bonds is 4. The van der Waals surface area contributed by atoms with Crippen LogP contribution in [0.15, 0.2) is 0 Å². The fourth-order valence-electron chi connectivity index (χ4n) is 1.74. The van der Waals surface area contributed by atoms with Gasteiger partial charge in [0.1, 0.15) is 5.78 Å². The van der Waals surface area contributed by atoms with E-state index in [9.17, 15) is 9.59 Å². The summed E-state index contributed by atoms with van der Waals surface area (Å²) in [5.41, 5.74) is 0. The molecule has 1 fully saturated rings. The van der Waals surface area contributed by atoms with Crippen LogP contribution in [-0.2, 0) is 9.59 Å². The molecular weight excluding hydrogens is 180 g/mol. The van der Waals surface area contributed by atoms with Crippen molar-refractivity contribution >= 4 is 11.7 Å². The van der Waals surface area contributed by atoms with E-state index in [1.807, 2.05) is 6.92 Å². The molecule has 80 valence electrons. The number of carbonyl (C=O) groups excluding carboxylic acids is 2. The second-order valence-electron chi connectivity index (χ2n) is 3.81. The first-order chi connectivity index (χ1) is 6.61. The molecule has 14 heavy (non-hydrogen) atoms. The van der Waals surface area contributed by atoms with E-state index >= 15 is 0 Å². The molecule has 1 atom stereocenters. The lowest BCUT2D eigenvalue weighted by Gasteiger charge is -2.14. The summed E-state index contributed by atoms with van der Waals surface area (Å²) in [5.74, 6) is 0.284. The molecule has 1 N–H and O–H groups in total. The lowest BCUT2D eigenvalue weighted by Crippen LogP contribution is -2.36. The third kappa shape index (κ3) is 3.46. The quantitative estimate of drug-likeness (QED) is 0.701. The maximum absolute atomic E-state index is 11.2. The van der Waals surface area contributed by atoms with Crippen molar-refractivity contribution in [1.29, 1.82) is 0 Å². The Morgan fingerprint density at radius 2 is 2.21 bits per heavy atom. The number of amides is 1. The summed E-state index contributed by atoms with van der Waals surface area (Å²) < 4.78 is 0. The molecule has 1 rings (SSSR count). The molecule has 0 aliphatic carbocycles. The number of likely N-dealkylation sites (tertiary alicyclic amines) is 1. The third-order valence-corrected chi connectivity index (χ3v) is 2.47. The van der Waals surface area contributed by atoms with Crippen LogP contribution in [0.3, 0.4) is 0 Å². The van der Waals surface area contributed by atoms with Crippen LogP contribution >= 0.6 is 0 Å². The summed E-state index contributed by atoms with van der Waals surface area (Å²) in [6, 6.07) is 0.233. The lowest BCUT2D eigenvalue weighted by molar-refractivity contribution is -0.119. The highest BCUT2D eigenvalue weighted by Gasteiger charge is 2.23. The first-order valence-corrected chi connectivity index (χ1v) is 5.13. The highest BCUT2D eigenvalue weighted by molar-refractivity contribution is 5.80. The van der Waals surface area contributed by atoms with E-state index in [-0.39, 0.29) is 17.7 Å². The van der Waals surface area contributed by atoms with E-state index in [0.29, 0.717) is 13.0 Å². The van der Waals surface area contributed by atoms with Crippen molar-refractivity contribution in [2.24, 2.45) is 0 Å². The lowest BCUT2D eigenvalue weighted by atomic mass is 10.2. The standard InChI is InChI=1S/C10H18N2O2/c1-3-10(14)7-12-5-4-9(6-12)11-8(2)13/h9H,3-7H2,1-2H3,(H,11,13). The van der Waals surface area contributed by atoms with Crippen molar-refractivity contribution in [3.63, 3.8) is 0 Å². The molecule has 0 radical (unpaired) electrons. The minimum Gasteiger partial charge on any atom is -0.352 e. The summed E-state index contributed by atoms with van der Waals surface area (Å²) in [6.07, 6.45) is 1.55. The predicted molar refractivity (Wildman–Crippen MR) is 54.0 cm³/mol. The van der Waals surface area contributed by atoms with Gasteiger partial charge in [-0.1, -0.05) is 6.92 Å². The number of Topliss-reactive ketones (excluding diaryl/α,β-unsaturated/α-hetero) is 1. The zero-order valence-corrected chi connectivity index (χ0v) is 8.88. The Balaban J connectivity index is 2.27. The van der Waals surface area contributed by atoms with Gasteiger partial charge in [-0.3, -0.25) is 14.5 Å². The zero-order valence-electron chi connectivity index (χ0n) is 8.88. The Labute approximate surface area is 84.7 Å². The van der Waals surface area contributed by atoms with Crippen molar-refractivity contribution < 1.29 is 9.59 Å². The molecular formula is C10H18N2O2. The number of nitrogens with one attached hydrogen (secondary N) is 1. The Hall–Kier alpha value is -0.900. The minimum atomic E-state index is 0.0127. The van der Waals surface area contributed by atoms with Crippen molar-refractivity contribution in [1.82, 2.24) is 10.2 Å². The molecule has 0 aromatic carbocycles. The summed E-state index contributed by atoms with van der Waals surface area (Å²) in [4.78, 5) is 24.1. The fraction of sp³-hybridized carbons (Fsp3) is 0.800. The normalized spacial score (nSPS) is 22.3. The largest absolute Gasteiger partial charge is 0.352 e. The van der Waals surface area contributed by atoms with Crippen LogP contribution in [0.2, 0.25) is 0 Å². The Kier molecular flexibility index (Phi) is 4.07. The Morgan fingerprint density at radius 1 is 1.50 bits per heavy atom. The smallest absolute Gasteiger partial charge is 0.217 e. The van der Waals surface area contributed by atoms with E-state index in [2.05, 4.69) is 10.2 Å². The second-order valence-corrected chi connectivity index (χ2v) is 3.81. The molecule has 1 aliphatic heterocycles. The first-order valence-electron chi connectivity index (χ1n) is 5.13. The molecule has 0 bridgehead atoms. The van der Waals surface area contributed by atoms with Gasteiger partial charge in [0.05, 0.1) is 6.54 Å². The number of hydrogen-bond acceptors (Lipinski definition) is 3. The number of nitrogens with zero attached hydrogens (tertiary/aromatic N) is 1. The highest BCUT2D eigenvalue weighted by Crippen LogP contribution is 2.08. The van der Waals surface area contributed by atoms with Gasteiger partial charge in [0.25, 0.3) is 0 Å². The van der Waals surface area contributed by atoms with Gasteiger partial charge in [0, 0.05) is 32.5 Å². The van der Waals surface area contributed by atoms with Crippen LogP contribution in [0.5, 0.6) is 0 Å². The summed E-state index contributed by atoms with van der Waals surface area (Å²) in [6.45, 7) is 5.66. The summed E-state index contributed by atoms with van der Waals surface area (Å²) in [7, 11) is 0. The molecule has 1 saturated heterocycles. The van der Waals surface area contributed by atoms with Crippen molar-refractivity contribution in [3.05, 3.63) is 0 Å². The molecule has 0 aromatic heterocycles. The van der Waals surface area contributed by atoms with E-state index in [1.54, 1.807) is 0 Å². The topological polar surface area (TPSA) is 49.4 Å². The van der Waals surface area contributed by atoms with Crippen molar-refractivity contribution in [2.45, 2.75) is 32.7 Å². The van der Waals surface area contributed by atoms with Crippen LogP contribution in [0.25, 0.3) is 0 Å². The maximum Gasteiger partial charge on any atom is 0.217 e. The molecule has 0 spiro atoms. The SMILES string of the molecule is CCC(=O)CN1CCC(NC(C)=O)C1. The molecule has 0 saturated carbocycles. The van der Waals surface area contributed by atoms with E-state index in [4.69, 9.17) is 0 Å². The van der Waals surface area contributed by atoms with Gasteiger partial charge in [-0.2, -0.15) is 0 Å². The van der Waals surface area contributed by atoms with Crippen LogP contribution in [0.1, 0.15) is 26.7 Å². The zero-order chi connectivity index (χ0) is 10.6. The van der Waals surface area contributed by atoms with Crippen LogP contribution in [-0.4, -0.2) is 42.3 Å². The maximum atomic E-state index is 11.2. The second kappa shape index (κ2) is 5.10. The van der Waals surface area contributed by atoms with Gasteiger partial charge in [0.2, 0.25) is 5.91 Å². The van der Waals surface area contributed by atoms with Gasteiger partial charge in [0.15, 0.2) is 0 Å². The minimum absolute atomic E-state index is 0.0127. The molecule has 1 heterocycles. The molecule has 0 aromatic rings. The summed E-state index contributed by atoms with van der Waals surface area (Å²) >= 11 is 0. The van der Waals surface area contributed by atoms with Crippen LogP contribution in [0, 0.1) is 0 Å². The first kappa shape index (κ1) is 11.2. The van der Waals surface area contributed by atoms with Gasteiger partial charge in [-0.15, -0.1) is 0 Å². The average molecular weight is 198 g/mol. The Morgan fingerprint density at radius 3 is 2.79 bits per heavy atom. The van der Waals surface area contributed by atoms with Gasteiger partial charge in [-0.05, 0) is 6.42 Å². The third-order valence-electron chi connectivity index (χ3n) is 2.47.